The fourth-order valence-electron chi connectivity index (χ4n) is 13.1. The number of carbonyl (C=O) groups excluding carboxylic acids is 6. The lowest BCUT2D eigenvalue weighted by molar-refractivity contribution is 0.00761. The van der Waals surface area contributed by atoms with Gasteiger partial charge in [-0.3, -0.25) is 29.8 Å². The van der Waals surface area contributed by atoms with Crippen molar-refractivity contribution in [1.29, 1.82) is 0 Å². The van der Waals surface area contributed by atoms with E-state index in [4.69, 9.17) is 9.47 Å². The Morgan fingerprint density at radius 1 is 0.512 bits per heavy atom. The van der Waals surface area contributed by atoms with Gasteiger partial charge in [0, 0.05) is 65.2 Å². The normalized spacial score (nSPS) is 20.5. The third-order valence-electron chi connectivity index (χ3n) is 16.4. The number of ether oxygens (including phenoxy) is 2. The molecule has 0 saturated heterocycles. The first-order valence-electron chi connectivity index (χ1n) is 25.7. The number of aromatic nitrogens is 10. The SMILES string of the molecule is COC(=O)c1cn(C2C=CC(n3c4ccccc4c4c5c(c6c7ccccc7[nH]c6c43)C(=O)NC5=O)C2)nn1.COC(=O)c1cn(C2CC(n3c4ccccc4c4c5c(c6c7ccccc7[nH]c6c43)C(=O)NC5=O)[C@H](O)[C@@H]2O)nn1. The maximum atomic E-state index is 13.3. The Bertz CT molecular complexity index is 4820. The van der Waals surface area contributed by atoms with Crippen molar-refractivity contribution in [1.82, 2.24) is 59.7 Å². The number of para-hydroxylation sites is 4. The van der Waals surface area contributed by atoms with E-state index in [0.29, 0.717) is 50.5 Å². The van der Waals surface area contributed by atoms with Crippen molar-refractivity contribution < 1.29 is 48.5 Å². The molecule has 6 aromatic heterocycles. The molecule has 6 aromatic carbocycles. The monoisotopic (exact) mass is 1070 g/mol. The van der Waals surface area contributed by atoms with Gasteiger partial charge in [0.05, 0.1) is 95.1 Å². The van der Waals surface area contributed by atoms with Crippen LogP contribution in [0.25, 0.3) is 87.2 Å². The minimum Gasteiger partial charge on any atom is -0.464 e. The summed E-state index contributed by atoms with van der Waals surface area (Å²) in [7, 11) is 2.55. The maximum Gasteiger partial charge on any atom is 0.360 e. The number of hydrogen-bond donors (Lipinski definition) is 6. The second-order valence-electron chi connectivity index (χ2n) is 20.4. The molecule has 394 valence electrons. The van der Waals surface area contributed by atoms with E-state index < -0.39 is 48.0 Å². The van der Waals surface area contributed by atoms with Gasteiger partial charge in [0.2, 0.25) is 0 Å². The van der Waals surface area contributed by atoms with Gasteiger partial charge in [0.15, 0.2) is 11.4 Å². The standard InChI is InChI=1S/C29H22N6O6.C29H20N6O4/c1-41-29(40)15-11-34(33-32-15)17-10-18(26(37)25(17)36)35-16-9-5-3-7-13(16)20-22-21(27(38)31-28(22)39)19-12-6-2-4-8-14(12)30-23(19)24(20)35;1-39-29(38)19-13-34(33-32-19)14-10-11-15(12-14)35-20-9-5-3-7-17(20)22-24-23(27(36)31-28(24)37)21-16-6-2-4-8-18(16)30-25(21)26(22)35/h2-9,11,17-18,25-26,30,36-37H,10H2,1H3,(H,31,38,39);2-11,13-15,30H,12H2,1H3,(H,31,36,37)/t17?,18?,25-,26+;/m1./s1. The highest BCUT2D eigenvalue weighted by atomic mass is 16.5. The third kappa shape index (κ3) is 6.41. The number of esters is 2. The lowest BCUT2D eigenvalue weighted by atomic mass is 9.96. The summed E-state index contributed by atoms with van der Waals surface area (Å²) in [6.45, 7) is 0. The summed E-state index contributed by atoms with van der Waals surface area (Å²) < 4.78 is 16.7. The van der Waals surface area contributed by atoms with E-state index in [2.05, 4.69) is 51.9 Å². The number of hydrogen-bond acceptors (Lipinski definition) is 14. The van der Waals surface area contributed by atoms with E-state index >= 15 is 0 Å². The molecule has 0 bridgehead atoms. The summed E-state index contributed by atoms with van der Waals surface area (Å²) in [5.41, 5.74) is 7.94. The van der Waals surface area contributed by atoms with Crippen molar-refractivity contribution in [3.8, 4) is 0 Å². The highest BCUT2D eigenvalue weighted by Crippen LogP contribution is 2.50. The summed E-state index contributed by atoms with van der Waals surface area (Å²) in [6, 6.07) is 29.3. The number of H-pyrrole nitrogens is 2. The number of fused-ring (bicyclic) bond motifs is 20. The Kier molecular flexibility index (Phi) is 10.0. The second-order valence-corrected chi connectivity index (χ2v) is 20.4. The molecular weight excluding hydrogens is 1020 g/mol. The van der Waals surface area contributed by atoms with Gasteiger partial charge in [0.1, 0.15) is 12.2 Å². The van der Waals surface area contributed by atoms with Crippen molar-refractivity contribution in [3.63, 3.8) is 0 Å². The largest absolute Gasteiger partial charge is 0.464 e. The first kappa shape index (κ1) is 46.9. The molecule has 1 fully saturated rings. The molecule has 16 rings (SSSR count). The van der Waals surface area contributed by atoms with Crippen molar-refractivity contribution in [2.75, 3.05) is 14.2 Å². The Hall–Kier alpha value is -10.3. The minimum absolute atomic E-state index is 0.0134. The Balaban J connectivity index is 0.000000138. The third-order valence-corrected chi connectivity index (χ3v) is 16.4. The summed E-state index contributed by atoms with van der Waals surface area (Å²) in [4.78, 5) is 83.8. The second kappa shape index (κ2) is 17.1. The minimum atomic E-state index is -1.24. The van der Waals surface area contributed by atoms with E-state index in [9.17, 15) is 39.0 Å². The first-order chi connectivity index (χ1) is 38.9. The van der Waals surface area contributed by atoms with Crippen LogP contribution in [0.5, 0.6) is 0 Å². The molecule has 12 aromatic rings. The number of nitrogens with zero attached hydrogens (tertiary/aromatic N) is 8. The number of aromatic amines is 2. The van der Waals surface area contributed by atoms with Crippen LogP contribution in [0.4, 0.5) is 0 Å². The molecule has 4 aliphatic rings. The van der Waals surface area contributed by atoms with Crippen molar-refractivity contribution in [2.24, 2.45) is 0 Å². The Labute approximate surface area is 448 Å². The zero-order valence-corrected chi connectivity index (χ0v) is 42.2. The van der Waals surface area contributed by atoms with Crippen LogP contribution < -0.4 is 10.6 Å². The van der Waals surface area contributed by atoms with Gasteiger partial charge in [0.25, 0.3) is 23.6 Å². The van der Waals surface area contributed by atoms with Crippen LogP contribution in [0.3, 0.4) is 0 Å². The topological polar surface area (TPSA) is 288 Å². The average Bonchev–Trinajstić information content (AvgIpc) is 2.93. The van der Waals surface area contributed by atoms with Crippen molar-refractivity contribution in [3.05, 3.63) is 155 Å². The van der Waals surface area contributed by atoms with Gasteiger partial charge in [-0.25, -0.2) is 19.0 Å². The van der Waals surface area contributed by atoms with E-state index in [-0.39, 0.29) is 41.7 Å². The molecule has 1 saturated carbocycles. The molecule has 22 nitrogen and oxygen atoms in total. The van der Waals surface area contributed by atoms with Crippen molar-refractivity contribution >= 4 is 123 Å². The predicted molar refractivity (Wildman–Crippen MR) is 290 cm³/mol. The highest BCUT2D eigenvalue weighted by molar-refractivity contribution is 6.41. The van der Waals surface area contributed by atoms with Gasteiger partial charge >= 0.3 is 11.9 Å². The van der Waals surface area contributed by atoms with E-state index in [1.807, 2.05) is 108 Å². The maximum absolute atomic E-state index is 13.3. The van der Waals surface area contributed by atoms with Crippen LogP contribution in [0, 0.1) is 0 Å². The molecule has 6 N–H and O–H groups in total. The van der Waals surface area contributed by atoms with Crippen LogP contribution in [0.1, 0.15) is 99.4 Å². The number of nitrogens with one attached hydrogen (secondary N) is 4. The fourth-order valence-corrected chi connectivity index (χ4v) is 13.1. The molecule has 22 heteroatoms. The van der Waals surface area contributed by atoms with Gasteiger partial charge in [-0.2, -0.15) is 0 Å². The number of imide groups is 2. The number of methoxy groups -OCH3 is 2. The summed E-state index contributed by atoms with van der Waals surface area (Å²) in [6.07, 6.45) is 5.57. The Morgan fingerprint density at radius 3 is 1.48 bits per heavy atom. The molecule has 2 aliphatic carbocycles. The summed E-state index contributed by atoms with van der Waals surface area (Å²) in [5, 5.41) is 49.7. The summed E-state index contributed by atoms with van der Waals surface area (Å²) in [5.74, 6) is -2.89. The van der Waals surface area contributed by atoms with Gasteiger partial charge < -0.3 is 38.8 Å². The number of aliphatic hydroxyl groups excluding tert-OH is 2. The lowest BCUT2D eigenvalue weighted by Crippen LogP contribution is -2.30. The van der Waals surface area contributed by atoms with Gasteiger partial charge in [-0.1, -0.05) is 95.4 Å². The summed E-state index contributed by atoms with van der Waals surface area (Å²) >= 11 is 0. The van der Waals surface area contributed by atoms with Gasteiger partial charge in [-0.15, -0.1) is 10.2 Å². The zero-order chi connectivity index (χ0) is 54.6. The molecule has 80 heavy (non-hydrogen) atoms. The smallest absolute Gasteiger partial charge is 0.360 e. The van der Waals surface area contributed by atoms with E-state index in [0.717, 1.165) is 65.4 Å². The quantitative estimate of drug-likeness (QED) is 0.0554. The number of allylic oxidation sites excluding steroid dienone is 2. The molecule has 6 atom stereocenters. The highest BCUT2D eigenvalue weighted by Gasteiger charge is 2.47. The zero-order valence-electron chi connectivity index (χ0n) is 42.2. The molecule has 0 spiro atoms. The number of aliphatic hydroxyl groups is 2. The molecule has 0 radical (unpaired) electrons. The number of carbonyl (C=O) groups is 6. The van der Waals surface area contributed by atoms with E-state index in [1.165, 1.54) is 25.1 Å². The first-order valence-corrected chi connectivity index (χ1v) is 25.7. The van der Waals surface area contributed by atoms with Crippen LogP contribution >= 0.6 is 0 Å². The average molecular weight is 1070 g/mol. The fraction of sp³-hybridized carbons (Fsp3) is 0.172. The molecule has 2 aliphatic heterocycles. The van der Waals surface area contributed by atoms with E-state index in [1.54, 1.807) is 10.9 Å². The van der Waals surface area contributed by atoms with Crippen LogP contribution in [0.2, 0.25) is 0 Å². The van der Waals surface area contributed by atoms with Crippen LogP contribution in [-0.2, 0) is 9.47 Å². The number of rotatable bonds is 6. The van der Waals surface area contributed by atoms with Crippen LogP contribution in [-0.4, -0.2) is 121 Å². The molecule has 4 unspecified atom stereocenters. The van der Waals surface area contributed by atoms with Crippen LogP contribution in [0.15, 0.2) is 122 Å². The predicted octanol–water partition coefficient (Wildman–Crippen LogP) is 7.03. The molecule has 4 amide bonds. The number of benzene rings is 6. The Morgan fingerprint density at radius 2 is 0.938 bits per heavy atom. The molecular formula is C58H42N12O10. The van der Waals surface area contributed by atoms with Crippen molar-refractivity contribution in [2.45, 2.75) is 49.2 Å². The lowest BCUT2D eigenvalue weighted by Gasteiger charge is -2.21. The van der Waals surface area contributed by atoms with Gasteiger partial charge in [-0.05, 0) is 37.1 Å². The number of amides is 4. The molecule has 8 heterocycles.